The zero-order valence-corrected chi connectivity index (χ0v) is 13.2. The van der Waals surface area contributed by atoms with Crippen molar-refractivity contribution in [3.05, 3.63) is 52.0 Å². The van der Waals surface area contributed by atoms with Crippen molar-refractivity contribution in [2.24, 2.45) is 0 Å². The Labute approximate surface area is 128 Å². The minimum Gasteiger partial charge on any atom is -0.507 e. The van der Waals surface area contributed by atoms with Gasteiger partial charge in [-0.2, -0.15) is 0 Å². The van der Waals surface area contributed by atoms with Crippen LogP contribution in [-0.2, 0) is 6.54 Å². The molecule has 21 heavy (non-hydrogen) atoms. The molecule has 0 aliphatic rings. The number of rotatable bonds is 3. The van der Waals surface area contributed by atoms with Gasteiger partial charge in [0.15, 0.2) is 0 Å². The van der Waals surface area contributed by atoms with Crippen molar-refractivity contribution in [2.45, 2.75) is 27.3 Å². The van der Waals surface area contributed by atoms with E-state index in [0.29, 0.717) is 5.75 Å². The molecule has 3 nitrogen and oxygen atoms in total. The Morgan fingerprint density at radius 1 is 1.10 bits per heavy atom. The second-order valence-corrected chi connectivity index (χ2v) is 6.58. The Morgan fingerprint density at radius 3 is 2.52 bits per heavy atom. The van der Waals surface area contributed by atoms with E-state index in [1.54, 1.807) is 11.3 Å². The first-order valence-electron chi connectivity index (χ1n) is 6.93. The summed E-state index contributed by atoms with van der Waals surface area (Å²) in [7, 11) is 0. The van der Waals surface area contributed by atoms with Crippen molar-refractivity contribution in [3.63, 3.8) is 0 Å². The fourth-order valence-electron chi connectivity index (χ4n) is 2.50. The summed E-state index contributed by atoms with van der Waals surface area (Å²) in [6.07, 6.45) is 0. The molecule has 0 unspecified atom stereocenters. The lowest BCUT2D eigenvalue weighted by molar-refractivity contribution is 0.466. The molecule has 0 spiro atoms. The molecule has 3 rings (SSSR count). The van der Waals surface area contributed by atoms with E-state index in [0.717, 1.165) is 33.9 Å². The van der Waals surface area contributed by atoms with Crippen molar-refractivity contribution in [2.75, 3.05) is 5.32 Å². The Hall–Kier alpha value is -2.07. The highest BCUT2D eigenvalue weighted by atomic mass is 32.1. The van der Waals surface area contributed by atoms with Gasteiger partial charge in [0.25, 0.3) is 0 Å². The van der Waals surface area contributed by atoms with E-state index in [1.807, 2.05) is 32.9 Å². The number of aromatic nitrogens is 1. The quantitative estimate of drug-likeness (QED) is 0.746. The van der Waals surface area contributed by atoms with Crippen LogP contribution in [0.3, 0.4) is 0 Å². The normalized spacial score (nSPS) is 11.0. The highest BCUT2D eigenvalue weighted by molar-refractivity contribution is 7.18. The van der Waals surface area contributed by atoms with Gasteiger partial charge in [-0.15, -0.1) is 11.3 Å². The molecule has 4 heteroatoms. The number of phenols is 1. The Balaban J connectivity index is 1.79. The fourth-order valence-corrected chi connectivity index (χ4v) is 3.37. The average Bonchev–Trinajstić information content (AvgIpc) is 2.81. The third-order valence-corrected chi connectivity index (χ3v) is 4.48. The van der Waals surface area contributed by atoms with E-state index in [-0.39, 0.29) is 0 Å². The van der Waals surface area contributed by atoms with Crippen LogP contribution in [-0.4, -0.2) is 10.1 Å². The third kappa shape index (κ3) is 2.85. The summed E-state index contributed by atoms with van der Waals surface area (Å²) in [4.78, 5) is 4.47. The van der Waals surface area contributed by atoms with Gasteiger partial charge in [-0.3, -0.25) is 0 Å². The number of hydrogen-bond acceptors (Lipinski definition) is 4. The SMILES string of the molecule is Cc1nc2ccc(NCc3cc(C)c(O)c(C)c3)cc2s1. The van der Waals surface area contributed by atoms with E-state index in [4.69, 9.17) is 0 Å². The monoisotopic (exact) mass is 298 g/mol. The lowest BCUT2D eigenvalue weighted by atomic mass is 10.1. The van der Waals surface area contributed by atoms with Gasteiger partial charge in [0.05, 0.1) is 15.2 Å². The maximum Gasteiger partial charge on any atom is 0.121 e. The first-order chi connectivity index (χ1) is 10.0. The van der Waals surface area contributed by atoms with Crippen LogP contribution in [0.1, 0.15) is 21.7 Å². The van der Waals surface area contributed by atoms with Crippen molar-refractivity contribution >= 4 is 27.2 Å². The molecular formula is C17H18N2OS. The number of fused-ring (bicyclic) bond motifs is 1. The van der Waals surface area contributed by atoms with Gasteiger partial charge >= 0.3 is 0 Å². The summed E-state index contributed by atoms with van der Waals surface area (Å²) in [5.74, 6) is 0.389. The molecule has 0 radical (unpaired) electrons. The molecule has 1 aromatic heterocycles. The zero-order chi connectivity index (χ0) is 15.0. The molecule has 2 N–H and O–H groups in total. The lowest BCUT2D eigenvalue weighted by Crippen LogP contribution is -2.00. The summed E-state index contributed by atoms with van der Waals surface area (Å²) < 4.78 is 1.20. The van der Waals surface area contributed by atoms with Crippen molar-refractivity contribution in [1.82, 2.24) is 4.98 Å². The third-order valence-electron chi connectivity index (χ3n) is 3.54. The second kappa shape index (κ2) is 5.37. The highest BCUT2D eigenvalue weighted by Gasteiger charge is 2.05. The van der Waals surface area contributed by atoms with E-state index in [9.17, 15) is 5.11 Å². The van der Waals surface area contributed by atoms with Crippen LogP contribution in [0.4, 0.5) is 5.69 Å². The first kappa shape index (κ1) is 13.9. The molecule has 3 aromatic rings. The zero-order valence-electron chi connectivity index (χ0n) is 12.4. The molecule has 0 fully saturated rings. The number of nitrogens with zero attached hydrogens (tertiary/aromatic N) is 1. The van der Waals surface area contributed by atoms with E-state index in [1.165, 1.54) is 10.3 Å². The first-order valence-corrected chi connectivity index (χ1v) is 7.75. The van der Waals surface area contributed by atoms with Crippen molar-refractivity contribution in [1.29, 1.82) is 0 Å². The molecule has 108 valence electrons. The standard InChI is InChI=1S/C17H18N2OS/c1-10-6-13(7-11(2)17(10)20)9-18-14-4-5-15-16(8-14)21-12(3)19-15/h4-8,18,20H,9H2,1-3H3. The van der Waals surface area contributed by atoms with Gasteiger partial charge in [0.2, 0.25) is 0 Å². The summed E-state index contributed by atoms with van der Waals surface area (Å²) in [5, 5.41) is 14.3. The van der Waals surface area contributed by atoms with Crippen molar-refractivity contribution in [3.8, 4) is 5.75 Å². The Morgan fingerprint density at radius 2 is 1.81 bits per heavy atom. The smallest absolute Gasteiger partial charge is 0.121 e. The molecule has 0 aliphatic heterocycles. The molecule has 0 atom stereocenters. The molecule has 0 bridgehead atoms. The van der Waals surface area contributed by atoms with Crippen LogP contribution in [0.25, 0.3) is 10.2 Å². The summed E-state index contributed by atoms with van der Waals surface area (Å²) in [5.41, 5.74) is 5.15. The van der Waals surface area contributed by atoms with Gasteiger partial charge in [-0.1, -0.05) is 12.1 Å². The summed E-state index contributed by atoms with van der Waals surface area (Å²) >= 11 is 1.71. The molecular weight excluding hydrogens is 280 g/mol. The van der Waals surface area contributed by atoms with Gasteiger partial charge in [-0.25, -0.2) is 4.98 Å². The van der Waals surface area contributed by atoms with Gasteiger partial charge in [0.1, 0.15) is 5.75 Å². The number of aromatic hydroxyl groups is 1. The average molecular weight is 298 g/mol. The Bertz CT molecular complexity index is 785. The number of thiazole rings is 1. The van der Waals surface area contributed by atoms with Gasteiger partial charge in [0, 0.05) is 12.2 Å². The van der Waals surface area contributed by atoms with Crippen LogP contribution >= 0.6 is 11.3 Å². The van der Waals surface area contributed by atoms with Crippen molar-refractivity contribution < 1.29 is 5.11 Å². The topological polar surface area (TPSA) is 45.2 Å². The molecule has 0 saturated carbocycles. The van der Waals surface area contributed by atoms with Crippen LogP contribution in [0.2, 0.25) is 0 Å². The van der Waals surface area contributed by atoms with Gasteiger partial charge in [-0.05, 0) is 55.7 Å². The lowest BCUT2D eigenvalue weighted by Gasteiger charge is -2.10. The maximum atomic E-state index is 9.81. The minimum absolute atomic E-state index is 0.389. The highest BCUT2D eigenvalue weighted by Crippen LogP contribution is 2.26. The number of aryl methyl sites for hydroxylation is 3. The minimum atomic E-state index is 0.389. The van der Waals surface area contributed by atoms with E-state index in [2.05, 4.69) is 28.5 Å². The van der Waals surface area contributed by atoms with Crippen LogP contribution < -0.4 is 5.32 Å². The molecule has 0 saturated heterocycles. The summed E-state index contributed by atoms with van der Waals surface area (Å²) in [6.45, 7) is 6.63. The number of nitrogens with one attached hydrogen (secondary N) is 1. The van der Waals surface area contributed by atoms with E-state index >= 15 is 0 Å². The molecule has 1 heterocycles. The number of anilines is 1. The number of hydrogen-bond donors (Lipinski definition) is 2. The van der Waals surface area contributed by atoms with E-state index < -0.39 is 0 Å². The van der Waals surface area contributed by atoms with Gasteiger partial charge < -0.3 is 10.4 Å². The van der Waals surface area contributed by atoms with Crippen LogP contribution in [0, 0.1) is 20.8 Å². The Kier molecular flexibility index (Phi) is 3.55. The predicted octanol–water partition coefficient (Wildman–Crippen LogP) is 4.54. The van der Waals surface area contributed by atoms with Crippen LogP contribution in [0.15, 0.2) is 30.3 Å². The molecule has 0 aliphatic carbocycles. The summed E-state index contributed by atoms with van der Waals surface area (Å²) in [6, 6.07) is 10.3. The maximum absolute atomic E-state index is 9.81. The number of phenolic OH excluding ortho intramolecular Hbond substituents is 1. The second-order valence-electron chi connectivity index (χ2n) is 5.35. The predicted molar refractivity (Wildman–Crippen MR) is 89.3 cm³/mol. The largest absolute Gasteiger partial charge is 0.507 e. The van der Waals surface area contributed by atoms with Crippen LogP contribution in [0.5, 0.6) is 5.75 Å². The fraction of sp³-hybridized carbons (Fsp3) is 0.235. The molecule has 0 amide bonds. The molecule has 2 aromatic carbocycles. The number of benzene rings is 2.